The lowest BCUT2D eigenvalue weighted by atomic mass is 9.77. The Bertz CT molecular complexity index is 866. The Morgan fingerprint density at radius 1 is 1.25 bits per heavy atom. The maximum absolute atomic E-state index is 12.5. The summed E-state index contributed by atoms with van der Waals surface area (Å²) < 4.78 is 16.3. The molecule has 2 N–H and O–H groups in total. The van der Waals surface area contributed by atoms with Crippen LogP contribution in [-0.2, 0) is 9.53 Å². The van der Waals surface area contributed by atoms with Crippen molar-refractivity contribution in [1.29, 1.82) is 5.26 Å². The molecule has 3 aliphatic rings. The van der Waals surface area contributed by atoms with Crippen molar-refractivity contribution in [2.24, 2.45) is 5.73 Å². The van der Waals surface area contributed by atoms with Crippen LogP contribution in [0.5, 0.6) is 11.5 Å². The summed E-state index contributed by atoms with van der Waals surface area (Å²) in [7, 11) is 0. The fourth-order valence-electron chi connectivity index (χ4n) is 3.32. The highest BCUT2D eigenvalue weighted by Gasteiger charge is 2.39. The van der Waals surface area contributed by atoms with E-state index in [1.807, 2.05) is 0 Å². The Morgan fingerprint density at radius 3 is 2.75 bits per heavy atom. The van der Waals surface area contributed by atoms with Gasteiger partial charge in [-0.2, -0.15) is 5.26 Å². The molecule has 122 valence electrons. The van der Waals surface area contributed by atoms with Gasteiger partial charge in [-0.15, -0.1) is 0 Å². The first-order valence-corrected chi connectivity index (χ1v) is 7.91. The fraction of sp³-hybridized carbons (Fsp3) is 0.294. The van der Waals surface area contributed by atoms with Gasteiger partial charge in [-0.05, 0) is 18.1 Å². The summed E-state index contributed by atoms with van der Waals surface area (Å²) >= 11 is 6.41. The van der Waals surface area contributed by atoms with Gasteiger partial charge in [0, 0.05) is 29.5 Å². The molecule has 1 aliphatic carbocycles. The number of carbonyl (C=O) groups is 1. The Hall–Kier alpha value is -2.65. The molecule has 2 heterocycles. The second-order valence-electron chi connectivity index (χ2n) is 5.77. The van der Waals surface area contributed by atoms with E-state index in [9.17, 15) is 10.1 Å². The molecule has 24 heavy (non-hydrogen) atoms. The maximum Gasteiger partial charge on any atom is 0.231 e. The van der Waals surface area contributed by atoms with Crippen LogP contribution in [0.2, 0.25) is 5.02 Å². The molecule has 0 bridgehead atoms. The average molecular weight is 345 g/mol. The number of ether oxygens (including phenoxy) is 3. The number of nitrogens with zero attached hydrogens (tertiary/aromatic N) is 1. The standard InChI is InChI=1S/C17H13ClN2O4/c18-10-5-14-13(22-7-23-14)4-8(10)15-9(6-19)17(20)24-12-3-1-2-11(21)16(12)15/h4-5,15H,1-3,7,20H2. The van der Waals surface area contributed by atoms with Crippen LogP contribution in [0.25, 0.3) is 0 Å². The van der Waals surface area contributed by atoms with Crippen molar-refractivity contribution < 1.29 is 19.0 Å². The van der Waals surface area contributed by atoms with Crippen molar-refractivity contribution in [2.45, 2.75) is 25.2 Å². The predicted molar refractivity (Wildman–Crippen MR) is 84.1 cm³/mol. The second-order valence-corrected chi connectivity index (χ2v) is 6.17. The fourth-order valence-corrected chi connectivity index (χ4v) is 3.58. The van der Waals surface area contributed by atoms with E-state index < -0.39 is 5.92 Å². The minimum Gasteiger partial charge on any atom is -0.454 e. The van der Waals surface area contributed by atoms with Crippen molar-refractivity contribution in [1.82, 2.24) is 0 Å². The van der Waals surface area contributed by atoms with E-state index >= 15 is 0 Å². The Kier molecular flexibility index (Phi) is 3.39. The number of nitrogens with two attached hydrogens (primary N) is 1. The van der Waals surface area contributed by atoms with Gasteiger partial charge in [0.2, 0.25) is 12.7 Å². The number of fused-ring (bicyclic) bond motifs is 1. The Labute approximate surface area is 143 Å². The van der Waals surface area contributed by atoms with E-state index in [0.29, 0.717) is 52.7 Å². The maximum atomic E-state index is 12.5. The molecule has 1 atom stereocenters. The van der Waals surface area contributed by atoms with Crippen LogP contribution in [0.1, 0.15) is 30.7 Å². The molecule has 7 heteroatoms. The lowest BCUT2D eigenvalue weighted by molar-refractivity contribution is -0.116. The third kappa shape index (κ3) is 2.13. The summed E-state index contributed by atoms with van der Waals surface area (Å²) in [6, 6.07) is 5.40. The SMILES string of the molecule is N#CC1=C(N)OC2=C(C(=O)CCC2)C1c1cc2c(cc1Cl)OCO2. The highest BCUT2D eigenvalue weighted by atomic mass is 35.5. The minimum atomic E-state index is -0.645. The molecule has 1 unspecified atom stereocenters. The number of halogens is 1. The van der Waals surface area contributed by atoms with Gasteiger partial charge in [-0.1, -0.05) is 11.6 Å². The lowest BCUT2D eigenvalue weighted by Gasteiger charge is -2.31. The highest BCUT2D eigenvalue weighted by Crippen LogP contribution is 2.48. The van der Waals surface area contributed by atoms with Crippen LogP contribution >= 0.6 is 11.6 Å². The monoisotopic (exact) mass is 344 g/mol. The molecule has 4 rings (SSSR count). The number of nitriles is 1. The number of carbonyl (C=O) groups excluding carboxylic acids is 1. The van der Waals surface area contributed by atoms with E-state index in [0.717, 1.165) is 0 Å². The molecule has 0 aromatic heterocycles. The van der Waals surface area contributed by atoms with Crippen molar-refractivity contribution in [3.05, 3.63) is 45.5 Å². The van der Waals surface area contributed by atoms with E-state index in [2.05, 4.69) is 6.07 Å². The molecule has 1 aromatic rings. The Balaban J connectivity index is 1.93. The molecule has 0 radical (unpaired) electrons. The summed E-state index contributed by atoms with van der Waals surface area (Å²) in [5.41, 5.74) is 7.16. The van der Waals surface area contributed by atoms with Gasteiger partial charge in [0.15, 0.2) is 17.3 Å². The topological polar surface area (TPSA) is 94.6 Å². The van der Waals surface area contributed by atoms with E-state index in [-0.39, 0.29) is 24.0 Å². The molecule has 0 spiro atoms. The largest absolute Gasteiger partial charge is 0.454 e. The van der Waals surface area contributed by atoms with E-state index in [1.54, 1.807) is 12.1 Å². The number of hydrogen-bond donors (Lipinski definition) is 1. The first-order valence-electron chi connectivity index (χ1n) is 7.53. The number of ketones is 1. The zero-order chi connectivity index (χ0) is 16.8. The molecule has 0 saturated heterocycles. The number of hydrogen-bond acceptors (Lipinski definition) is 6. The van der Waals surface area contributed by atoms with Crippen molar-refractivity contribution >= 4 is 17.4 Å². The summed E-state index contributed by atoms with van der Waals surface area (Å²) in [6.07, 6.45) is 1.73. The molecular formula is C17H13ClN2O4. The molecule has 0 amide bonds. The third-order valence-electron chi connectivity index (χ3n) is 4.41. The van der Waals surface area contributed by atoms with Gasteiger partial charge in [-0.3, -0.25) is 4.79 Å². The second kappa shape index (κ2) is 5.46. The van der Waals surface area contributed by atoms with Gasteiger partial charge >= 0.3 is 0 Å². The van der Waals surface area contributed by atoms with E-state index in [4.69, 9.17) is 31.5 Å². The molecular weight excluding hydrogens is 332 g/mol. The molecule has 1 aromatic carbocycles. The zero-order valence-electron chi connectivity index (χ0n) is 12.6. The van der Waals surface area contributed by atoms with Gasteiger partial charge < -0.3 is 19.9 Å². The Morgan fingerprint density at radius 2 is 2.00 bits per heavy atom. The molecule has 0 saturated carbocycles. The lowest BCUT2D eigenvalue weighted by Crippen LogP contribution is -2.27. The third-order valence-corrected chi connectivity index (χ3v) is 4.74. The van der Waals surface area contributed by atoms with E-state index in [1.165, 1.54) is 0 Å². The van der Waals surface area contributed by atoms with Crippen molar-refractivity contribution in [3.63, 3.8) is 0 Å². The number of benzene rings is 1. The first kappa shape index (κ1) is 14.9. The van der Waals surface area contributed by atoms with Crippen LogP contribution in [0, 0.1) is 11.3 Å². The van der Waals surface area contributed by atoms with Gasteiger partial charge in [0.05, 0.1) is 5.92 Å². The highest BCUT2D eigenvalue weighted by molar-refractivity contribution is 6.31. The predicted octanol–water partition coefficient (Wildman–Crippen LogP) is 2.88. The van der Waals surface area contributed by atoms with Gasteiger partial charge in [0.1, 0.15) is 17.4 Å². The molecule has 2 aliphatic heterocycles. The number of rotatable bonds is 1. The number of allylic oxidation sites excluding steroid dienone is 3. The normalized spacial score (nSPS) is 22.2. The van der Waals surface area contributed by atoms with Crippen LogP contribution in [0.15, 0.2) is 34.9 Å². The van der Waals surface area contributed by atoms with Gasteiger partial charge in [-0.25, -0.2) is 0 Å². The molecule has 0 fully saturated rings. The number of Topliss-reactive ketones (excluding diaryl/α,β-unsaturated/α-hetero) is 1. The molecule has 6 nitrogen and oxygen atoms in total. The summed E-state index contributed by atoms with van der Waals surface area (Å²) in [5.74, 6) is 0.924. The van der Waals surface area contributed by atoms with Crippen LogP contribution < -0.4 is 15.2 Å². The quantitative estimate of drug-likeness (QED) is 0.841. The smallest absolute Gasteiger partial charge is 0.231 e. The van der Waals surface area contributed by atoms with Gasteiger partial charge in [0.25, 0.3) is 0 Å². The summed E-state index contributed by atoms with van der Waals surface area (Å²) in [5, 5.41) is 9.94. The summed E-state index contributed by atoms with van der Waals surface area (Å²) in [6.45, 7) is 0.110. The van der Waals surface area contributed by atoms with Crippen LogP contribution in [0.4, 0.5) is 0 Å². The van der Waals surface area contributed by atoms with Crippen molar-refractivity contribution in [3.8, 4) is 17.6 Å². The minimum absolute atomic E-state index is 0.0182. The first-order chi connectivity index (χ1) is 11.6. The van der Waals surface area contributed by atoms with Crippen LogP contribution in [0.3, 0.4) is 0 Å². The van der Waals surface area contributed by atoms with Crippen molar-refractivity contribution in [2.75, 3.05) is 6.79 Å². The van der Waals surface area contributed by atoms with Crippen LogP contribution in [-0.4, -0.2) is 12.6 Å². The zero-order valence-corrected chi connectivity index (χ0v) is 13.4. The summed E-state index contributed by atoms with van der Waals surface area (Å²) in [4.78, 5) is 12.5. The average Bonchev–Trinajstić information content (AvgIpc) is 3.00.